The summed E-state index contributed by atoms with van der Waals surface area (Å²) in [6.45, 7) is 4.33. The molecule has 1 aliphatic rings. The first-order valence-electron chi connectivity index (χ1n) is 6.69. The summed E-state index contributed by atoms with van der Waals surface area (Å²) >= 11 is 0. The Balaban J connectivity index is 2.06. The van der Waals surface area contributed by atoms with Crippen LogP contribution in [-0.4, -0.2) is 28.0 Å². The minimum Gasteiger partial charge on any atom is -0.409 e. The second-order valence-electron chi connectivity index (χ2n) is 5.82. The highest BCUT2D eigenvalue weighted by Gasteiger charge is 2.35. The zero-order chi connectivity index (χ0) is 14.8. The lowest BCUT2D eigenvalue weighted by Crippen LogP contribution is -2.41. The van der Waals surface area contributed by atoms with Crippen molar-refractivity contribution in [1.29, 1.82) is 0 Å². The second kappa shape index (κ2) is 5.48. The smallest absolute Gasteiger partial charge is 0.270 e. The van der Waals surface area contributed by atoms with Crippen molar-refractivity contribution in [2.24, 2.45) is 16.3 Å². The van der Waals surface area contributed by atoms with E-state index in [1.165, 1.54) is 6.20 Å². The number of pyridine rings is 1. The third-order valence-corrected chi connectivity index (χ3v) is 3.96. The Hall–Kier alpha value is -2.11. The molecule has 1 saturated carbocycles. The molecule has 1 heterocycles. The van der Waals surface area contributed by atoms with Gasteiger partial charge in [-0.2, -0.15) is 0 Å². The van der Waals surface area contributed by atoms with Gasteiger partial charge in [-0.25, -0.2) is 0 Å². The molecule has 1 fully saturated rings. The molecule has 0 aliphatic heterocycles. The van der Waals surface area contributed by atoms with E-state index in [0.29, 0.717) is 11.3 Å². The highest BCUT2D eigenvalue weighted by molar-refractivity contribution is 5.98. The van der Waals surface area contributed by atoms with Crippen LogP contribution >= 0.6 is 0 Å². The van der Waals surface area contributed by atoms with Gasteiger partial charge >= 0.3 is 0 Å². The summed E-state index contributed by atoms with van der Waals surface area (Å²) in [6, 6.07) is 3.36. The van der Waals surface area contributed by atoms with Gasteiger partial charge in [0.05, 0.1) is 0 Å². The lowest BCUT2D eigenvalue weighted by molar-refractivity contribution is 0.0905. The molecule has 0 spiro atoms. The highest BCUT2D eigenvalue weighted by Crippen LogP contribution is 2.37. The average molecular weight is 276 g/mol. The van der Waals surface area contributed by atoms with E-state index >= 15 is 0 Å². The quantitative estimate of drug-likeness (QED) is 0.337. The first-order chi connectivity index (χ1) is 9.44. The summed E-state index contributed by atoms with van der Waals surface area (Å²) in [5, 5.41) is 14.5. The van der Waals surface area contributed by atoms with E-state index in [1.807, 2.05) is 0 Å². The van der Waals surface area contributed by atoms with Gasteiger partial charge in [0.15, 0.2) is 5.84 Å². The van der Waals surface area contributed by atoms with Gasteiger partial charge in [0.2, 0.25) is 0 Å². The minimum absolute atomic E-state index is 0.0265. The molecule has 4 N–H and O–H groups in total. The second-order valence-corrected chi connectivity index (χ2v) is 5.82. The van der Waals surface area contributed by atoms with E-state index in [-0.39, 0.29) is 23.2 Å². The molecule has 1 atom stereocenters. The number of nitrogens with zero attached hydrogens (tertiary/aromatic N) is 2. The van der Waals surface area contributed by atoms with E-state index in [4.69, 9.17) is 10.9 Å². The Morgan fingerprint density at radius 2 is 2.30 bits per heavy atom. The Morgan fingerprint density at radius 3 is 2.80 bits per heavy atom. The predicted molar refractivity (Wildman–Crippen MR) is 75.6 cm³/mol. The first kappa shape index (κ1) is 14.3. The molecule has 20 heavy (non-hydrogen) atoms. The SMILES string of the molecule is CC1(C)CCCC1NC(=O)c1ccc(C(N)=NO)cn1. The monoisotopic (exact) mass is 276 g/mol. The van der Waals surface area contributed by atoms with Crippen molar-refractivity contribution >= 4 is 11.7 Å². The van der Waals surface area contributed by atoms with E-state index in [2.05, 4.69) is 29.3 Å². The molecule has 0 aromatic carbocycles. The lowest BCUT2D eigenvalue weighted by Gasteiger charge is -2.27. The van der Waals surface area contributed by atoms with Crippen LogP contribution in [0, 0.1) is 5.41 Å². The van der Waals surface area contributed by atoms with Gasteiger partial charge in [-0.3, -0.25) is 9.78 Å². The molecule has 1 amide bonds. The number of oxime groups is 1. The number of rotatable bonds is 3. The summed E-state index contributed by atoms with van der Waals surface area (Å²) < 4.78 is 0. The number of hydrogen-bond acceptors (Lipinski definition) is 4. The van der Waals surface area contributed by atoms with Crippen molar-refractivity contribution in [3.8, 4) is 0 Å². The molecule has 6 heteroatoms. The Morgan fingerprint density at radius 1 is 1.55 bits per heavy atom. The number of aromatic nitrogens is 1. The number of amides is 1. The maximum Gasteiger partial charge on any atom is 0.270 e. The average Bonchev–Trinajstić information content (AvgIpc) is 2.77. The number of nitrogens with one attached hydrogen (secondary N) is 1. The zero-order valence-corrected chi connectivity index (χ0v) is 11.8. The molecule has 0 saturated heterocycles. The molecule has 6 nitrogen and oxygen atoms in total. The fourth-order valence-electron chi connectivity index (χ4n) is 2.56. The topological polar surface area (TPSA) is 101 Å². The predicted octanol–water partition coefficient (Wildman–Crippen LogP) is 1.48. The van der Waals surface area contributed by atoms with Gasteiger partial charge in [-0.15, -0.1) is 0 Å². The van der Waals surface area contributed by atoms with Crippen LogP contribution in [0.5, 0.6) is 0 Å². The third kappa shape index (κ3) is 2.89. The van der Waals surface area contributed by atoms with Crippen LogP contribution in [-0.2, 0) is 0 Å². The molecule has 108 valence electrons. The van der Waals surface area contributed by atoms with Crippen LogP contribution < -0.4 is 11.1 Å². The van der Waals surface area contributed by atoms with Gasteiger partial charge in [-0.05, 0) is 30.4 Å². The third-order valence-electron chi connectivity index (χ3n) is 3.96. The minimum atomic E-state index is -0.184. The van der Waals surface area contributed by atoms with Gasteiger partial charge in [0, 0.05) is 17.8 Å². The van der Waals surface area contributed by atoms with Crippen LogP contribution in [0.2, 0.25) is 0 Å². The highest BCUT2D eigenvalue weighted by atomic mass is 16.4. The lowest BCUT2D eigenvalue weighted by atomic mass is 9.87. The maximum absolute atomic E-state index is 12.2. The van der Waals surface area contributed by atoms with Crippen molar-refractivity contribution in [3.05, 3.63) is 29.6 Å². The number of hydrogen-bond donors (Lipinski definition) is 3. The summed E-state index contributed by atoms with van der Waals surface area (Å²) in [5.74, 6) is -0.211. The molecule has 1 aromatic heterocycles. The molecule has 1 aliphatic carbocycles. The molecular weight excluding hydrogens is 256 g/mol. The van der Waals surface area contributed by atoms with Crippen LogP contribution in [0.25, 0.3) is 0 Å². The largest absolute Gasteiger partial charge is 0.409 e. The van der Waals surface area contributed by atoms with Crippen molar-refractivity contribution in [3.63, 3.8) is 0 Å². The number of nitrogens with two attached hydrogens (primary N) is 1. The van der Waals surface area contributed by atoms with E-state index in [0.717, 1.165) is 19.3 Å². The molecule has 0 radical (unpaired) electrons. The number of carbonyl (C=O) groups excluding carboxylic acids is 1. The Bertz CT molecular complexity index is 522. The van der Waals surface area contributed by atoms with E-state index in [1.54, 1.807) is 12.1 Å². The Labute approximate surface area is 118 Å². The normalized spacial score (nSPS) is 21.7. The molecule has 1 aromatic rings. The fraction of sp³-hybridized carbons (Fsp3) is 0.500. The molecule has 0 bridgehead atoms. The van der Waals surface area contributed by atoms with Crippen LogP contribution in [0.4, 0.5) is 0 Å². The summed E-state index contributed by atoms with van der Waals surface area (Å²) in [7, 11) is 0. The van der Waals surface area contributed by atoms with Crippen LogP contribution in [0.1, 0.15) is 49.2 Å². The van der Waals surface area contributed by atoms with E-state index in [9.17, 15) is 4.79 Å². The molecular formula is C14H20N4O2. The van der Waals surface area contributed by atoms with Crippen molar-refractivity contribution in [1.82, 2.24) is 10.3 Å². The summed E-state index contributed by atoms with van der Waals surface area (Å²) in [4.78, 5) is 16.2. The van der Waals surface area contributed by atoms with Crippen molar-refractivity contribution in [2.75, 3.05) is 0 Å². The van der Waals surface area contributed by atoms with Crippen molar-refractivity contribution < 1.29 is 10.0 Å². The van der Waals surface area contributed by atoms with Gasteiger partial charge in [-0.1, -0.05) is 25.4 Å². The van der Waals surface area contributed by atoms with Crippen molar-refractivity contribution in [2.45, 2.75) is 39.2 Å². The summed E-state index contributed by atoms with van der Waals surface area (Å²) in [6.07, 6.45) is 4.67. The standard InChI is InChI=1S/C14H20N4O2/c1-14(2)7-3-4-11(14)17-13(19)10-6-5-9(8-16-10)12(15)18-20/h5-6,8,11,20H,3-4,7H2,1-2H3,(H2,15,18)(H,17,19). The summed E-state index contributed by atoms with van der Waals surface area (Å²) in [5.41, 5.74) is 6.39. The Kier molecular flexibility index (Phi) is 3.92. The van der Waals surface area contributed by atoms with E-state index < -0.39 is 0 Å². The van der Waals surface area contributed by atoms with Gasteiger partial charge in [0.25, 0.3) is 5.91 Å². The molecule has 1 unspecified atom stereocenters. The first-order valence-corrected chi connectivity index (χ1v) is 6.69. The molecule has 2 rings (SSSR count). The van der Waals surface area contributed by atoms with Gasteiger partial charge < -0.3 is 16.3 Å². The van der Waals surface area contributed by atoms with Gasteiger partial charge in [0.1, 0.15) is 5.69 Å². The maximum atomic E-state index is 12.2. The fourth-order valence-corrected chi connectivity index (χ4v) is 2.56. The number of carbonyl (C=O) groups is 1. The van der Waals surface area contributed by atoms with Crippen LogP contribution in [0.15, 0.2) is 23.5 Å². The zero-order valence-electron chi connectivity index (χ0n) is 11.8. The van der Waals surface area contributed by atoms with Crippen LogP contribution in [0.3, 0.4) is 0 Å². The number of amidine groups is 1.